The van der Waals surface area contributed by atoms with Crippen molar-refractivity contribution in [1.29, 1.82) is 0 Å². The molecule has 0 unspecified atom stereocenters. The van der Waals surface area contributed by atoms with Gasteiger partial charge in [0, 0.05) is 38.7 Å². The third-order valence-corrected chi connectivity index (χ3v) is 4.41. The average molecular weight is 357 g/mol. The van der Waals surface area contributed by atoms with Crippen molar-refractivity contribution < 1.29 is 14.1 Å². The molecular weight excluding hydrogens is 334 g/mol. The van der Waals surface area contributed by atoms with Crippen molar-refractivity contribution in [2.45, 2.75) is 26.3 Å². The van der Waals surface area contributed by atoms with Crippen LogP contribution in [0.1, 0.15) is 32.2 Å². The Hall–Kier alpha value is -2.90. The lowest BCUT2D eigenvalue weighted by atomic mass is 10.2. The SMILES string of the molecule is CC(=O)N1CCCN(C(=O)N[C@H](C)c2nc(-c3ccccc3)no2)CC1. The predicted molar refractivity (Wildman–Crippen MR) is 95.1 cm³/mol. The number of aromatic nitrogens is 2. The highest BCUT2D eigenvalue weighted by atomic mass is 16.5. The lowest BCUT2D eigenvalue weighted by Gasteiger charge is -2.23. The van der Waals surface area contributed by atoms with Crippen LogP contribution in [-0.2, 0) is 4.79 Å². The van der Waals surface area contributed by atoms with E-state index in [4.69, 9.17) is 4.52 Å². The number of hydrogen-bond donors (Lipinski definition) is 1. The van der Waals surface area contributed by atoms with Gasteiger partial charge in [0.05, 0.1) is 0 Å². The van der Waals surface area contributed by atoms with E-state index >= 15 is 0 Å². The molecule has 3 amide bonds. The molecule has 0 aliphatic carbocycles. The van der Waals surface area contributed by atoms with Crippen LogP contribution in [0, 0.1) is 0 Å². The van der Waals surface area contributed by atoms with Gasteiger partial charge in [0.25, 0.3) is 0 Å². The Morgan fingerprint density at radius 1 is 1.12 bits per heavy atom. The maximum absolute atomic E-state index is 12.5. The molecule has 138 valence electrons. The molecular formula is C18H23N5O3. The van der Waals surface area contributed by atoms with Gasteiger partial charge in [-0.1, -0.05) is 35.5 Å². The van der Waals surface area contributed by atoms with E-state index in [0.717, 1.165) is 12.0 Å². The van der Waals surface area contributed by atoms with Crippen molar-refractivity contribution in [3.8, 4) is 11.4 Å². The number of nitrogens with one attached hydrogen (secondary N) is 1. The van der Waals surface area contributed by atoms with E-state index in [1.165, 1.54) is 0 Å². The number of nitrogens with zero attached hydrogens (tertiary/aromatic N) is 4. The number of amides is 3. The van der Waals surface area contributed by atoms with Crippen molar-refractivity contribution >= 4 is 11.9 Å². The second kappa shape index (κ2) is 7.99. The fraction of sp³-hybridized carbons (Fsp3) is 0.444. The molecule has 8 heteroatoms. The summed E-state index contributed by atoms with van der Waals surface area (Å²) < 4.78 is 5.30. The topological polar surface area (TPSA) is 91.6 Å². The summed E-state index contributed by atoms with van der Waals surface area (Å²) in [4.78, 5) is 31.8. The molecule has 2 aromatic rings. The van der Waals surface area contributed by atoms with Gasteiger partial charge in [0.2, 0.25) is 17.6 Å². The van der Waals surface area contributed by atoms with Gasteiger partial charge in [0.15, 0.2) is 0 Å². The second-order valence-corrected chi connectivity index (χ2v) is 6.34. The van der Waals surface area contributed by atoms with Crippen molar-refractivity contribution in [3.63, 3.8) is 0 Å². The Bertz CT molecular complexity index is 761. The number of carbonyl (C=O) groups excluding carboxylic acids is 2. The summed E-state index contributed by atoms with van der Waals surface area (Å²) in [5.74, 6) is 0.894. The molecule has 3 rings (SSSR count). The molecule has 0 bridgehead atoms. The number of rotatable bonds is 3. The molecule has 26 heavy (non-hydrogen) atoms. The molecule has 2 heterocycles. The van der Waals surface area contributed by atoms with Gasteiger partial charge >= 0.3 is 6.03 Å². The molecule has 8 nitrogen and oxygen atoms in total. The summed E-state index contributed by atoms with van der Waals surface area (Å²) in [5.41, 5.74) is 0.859. The van der Waals surface area contributed by atoms with Gasteiger partial charge in [-0.25, -0.2) is 4.79 Å². The Morgan fingerprint density at radius 3 is 2.54 bits per heavy atom. The molecule has 1 fully saturated rings. The van der Waals surface area contributed by atoms with Crippen LogP contribution in [0.4, 0.5) is 4.79 Å². The number of hydrogen-bond acceptors (Lipinski definition) is 5. The lowest BCUT2D eigenvalue weighted by Crippen LogP contribution is -2.43. The highest BCUT2D eigenvalue weighted by Crippen LogP contribution is 2.18. The number of benzene rings is 1. The highest BCUT2D eigenvalue weighted by molar-refractivity contribution is 5.75. The quantitative estimate of drug-likeness (QED) is 0.908. The van der Waals surface area contributed by atoms with E-state index < -0.39 is 6.04 Å². The average Bonchev–Trinajstić information content (AvgIpc) is 3.00. The summed E-state index contributed by atoms with van der Waals surface area (Å²) in [6, 6.07) is 8.93. The molecule has 1 N–H and O–H groups in total. The highest BCUT2D eigenvalue weighted by Gasteiger charge is 2.23. The van der Waals surface area contributed by atoms with E-state index in [1.54, 1.807) is 23.6 Å². The molecule has 1 aliphatic heterocycles. The first-order chi connectivity index (χ1) is 12.5. The van der Waals surface area contributed by atoms with Gasteiger partial charge < -0.3 is 19.6 Å². The third kappa shape index (κ3) is 4.19. The summed E-state index contributed by atoms with van der Waals surface area (Å²) in [6.07, 6.45) is 0.764. The van der Waals surface area contributed by atoms with E-state index in [-0.39, 0.29) is 11.9 Å². The van der Waals surface area contributed by atoms with E-state index in [9.17, 15) is 9.59 Å². The minimum Gasteiger partial charge on any atom is -0.341 e. The first kappa shape index (κ1) is 17.9. The normalized spacial score (nSPS) is 16.1. The maximum Gasteiger partial charge on any atom is 0.318 e. The van der Waals surface area contributed by atoms with Crippen LogP contribution in [0.15, 0.2) is 34.9 Å². The van der Waals surface area contributed by atoms with Crippen molar-refractivity contribution in [2.24, 2.45) is 0 Å². The summed E-state index contributed by atoms with van der Waals surface area (Å²) >= 11 is 0. The molecule has 1 aromatic carbocycles. The Morgan fingerprint density at radius 2 is 1.81 bits per heavy atom. The fourth-order valence-electron chi connectivity index (χ4n) is 2.89. The minimum absolute atomic E-state index is 0.0416. The van der Waals surface area contributed by atoms with Crippen LogP contribution in [0.5, 0.6) is 0 Å². The maximum atomic E-state index is 12.5. The van der Waals surface area contributed by atoms with Crippen LogP contribution < -0.4 is 5.32 Å². The standard InChI is InChI=1S/C18H23N5O3/c1-13(17-20-16(21-26-17)15-7-4-3-5-8-15)19-18(25)23-10-6-9-22(11-12-23)14(2)24/h3-5,7-8,13H,6,9-12H2,1-2H3,(H,19,25)/t13-/m1/s1. The molecule has 1 atom stereocenters. The summed E-state index contributed by atoms with van der Waals surface area (Å²) in [5, 5.41) is 6.87. The van der Waals surface area contributed by atoms with E-state index in [2.05, 4.69) is 15.5 Å². The predicted octanol–water partition coefficient (Wildman–Crippen LogP) is 2.06. The van der Waals surface area contributed by atoms with Crippen LogP contribution in [0.25, 0.3) is 11.4 Å². The molecule has 0 radical (unpaired) electrons. The van der Waals surface area contributed by atoms with Crippen molar-refractivity contribution in [2.75, 3.05) is 26.2 Å². The zero-order valence-electron chi connectivity index (χ0n) is 15.0. The van der Waals surface area contributed by atoms with E-state index in [1.807, 2.05) is 30.3 Å². The van der Waals surface area contributed by atoms with Crippen molar-refractivity contribution in [1.82, 2.24) is 25.3 Å². The first-order valence-electron chi connectivity index (χ1n) is 8.74. The van der Waals surface area contributed by atoms with Crippen LogP contribution in [0.2, 0.25) is 0 Å². The van der Waals surface area contributed by atoms with Gasteiger partial charge in [-0.2, -0.15) is 4.98 Å². The smallest absolute Gasteiger partial charge is 0.318 e. The van der Waals surface area contributed by atoms with Gasteiger partial charge in [-0.15, -0.1) is 0 Å². The van der Waals surface area contributed by atoms with Crippen molar-refractivity contribution in [3.05, 3.63) is 36.2 Å². The largest absolute Gasteiger partial charge is 0.341 e. The molecule has 0 spiro atoms. The first-order valence-corrected chi connectivity index (χ1v) is 8.74. The van der Waals surface area contributed by atoms with Crippen LogP contribution in [0.3, 0.4) is 0 Å². The zero-order chi connectivity index (χ0) is 18.5. The monoisotopic (exact) mass is 357 g/mol. The summed E-state index contributed by atoms with van der Waals surface area (Å²) in [6.45, 7) is 5.71. The van der Waals surface area contributed by atoms with Gasteiger partial charge in [-0.05, 0) is 13.3 Å². The third-order valence-electron chi connectivity index (χ3n) is 4.41. The second-order valence-electron chi connectivity index (χ2n) is 6.34. The zero-order valence-corrected chi connectivity index (χ0v) is 15.0. The molecule has 0 saturated carbocycles. The Labute approximate surface area is 152 Å². The van der Waals surface area contributed by atoms with Crippen LogP contribution in [-0.4, -0.2) is 58.1 Å². The number of carbonyl (C=O) groups is 2. The Balaban J connectivity index is 1.59. The minimum atomic E-state index is -0.403. The molecule has 1 aliphatic rings. The van der Waals surface area contributed by atoms with Crippen LogP contribution >= 0.6 is 0 Å². The van der Waals surface area contributed by atoms with E-state index in [0.29, 0.717) is 37.9 Å². The molecule has 1 aromatic heterocycles. The lowest BCUT2D eigenvalue weighted by molar-refractivity contribution is -0.128. The van der Waals surface area contributed by atoms with Gasteiger partial charge in [-0.3, -0.25) is 4.79 Å². The fourth-order valence-corrected chi connectivity index (χ4v) is 2.89. The molecule has 1 saturated heterocycles. The number of urea groups is 1. The van der Waals surface area contributed by atoms with Gasteiger partial charge in [0.1, 0.15) is 6.04 Å². The summed E-state index contributed by atoms with van der Waals surface area (Å²) in [7, 11) is 0. The Kier molecular flexibility index (Phi) is 5.50.